The molecule has 0 atom stereocenters. The van der Waals surface area contributed by atoms with Crippen molar-refractivity contribution in [3.63, 3.8) is 0 Å². The first-order chi connectivity index (χ1) is 9.03. The van der Waals surface area contributed by atoms with Gasteiger partial charge < -0.3 is 4.90 Å². The lowest BCUT2D eigenvalue weighted by molar-refractivity contribution is 0.384. The van der Waals surface area contributed by atoms with Gasteiger partial charge in [-0.25, -0.2) is 12.8 Å². The fraction of sp³-hybridized carbons (Fsp3) is 0.538. The van der Waals surface area contributed by atoms with Gasteiger partial charge in [-0.2, -0.15) is 4.31 Å². The van der Waals surface area contributed by atoms with Crippen molar-refractivity contribution in [3.05, 3.63) is 30.1 Å². The molecule has 19 heavy (non-hydrogen) atoms. The van der Waals surface area contributed by atoms with Crippen molar-refractivity contribution in [1.82, 2.24) is 4.31 Å². The molecule has 1 aromatic rings. The molecule has 0 N–H and O–H groups in total. The molecular formula is C13H19FN2O2S. The van der Waals surface area contributed by atoms with Crippen LogP contribution in [-0.2, 0) is 10.0 Å². The molecule has 6 heteroatoms. The van der Waals surface area contributed by atoms with E-state index in [1.807, 2.05) is 6.92 Å². The van der Waals surface area contributed by atoms with Gasteiger partial charge >= 0.3 is 0 Å². The van der Waals surface area contributed by atoms with E-state index in [1.165, 1.54) is 12.1 Å². The average molecular weight is 286 g/mol. The molecule has 4 nitrogen and oxygen atoms in total. The molecule has 106 valence electrons. The fourth-order valence-corrected chi connectivity index (χ4v) is 3.76. The number of piperazine rings is 1. The predicted molar refractivity (Wildman–Crippen MR) is 74.3 cm³/mol. The Morgan fingerprint density at radius 3 is 2.21 bits per heavy atom. The lowest BCUT2D eigenvalue weighted by Gasteiger charge is -2.35. The summed E-state index contributed by atoms with van der Waals surface area (Å²) in [5, 5.41) is 0. The predicted octanol–water partition coefficient (Wildman–Crippen LogP) is 1.69. The van der Waals surface area contributed by atoms with E-state index in [1.54, 1.807) is 16.4 Å². The maximum atomic E-state index is 12.9. The molecule has 1 fully saturated rings. The van der Waals surface area contributed by atoms with E-state index in [2.05, 4.69) is 4.90 Å². The van der Waals surface area contributed by atoms with E-state index >= 15 is 0 Å². The van der Waals surface area contributed by atoms with Gasteiger partial charge in [0.25, 0.3) is 0 Å². The smallest absolute Gasteiger partial charge is 0.214 e. The molecule has 2 rings (SSSR count). The average Bonchev–Trinajstić information content (AvgIpc) is 2.40. The Hall–Kier alpha value is -1.14. The van der Waals surface area contributed by atoms with Crippen LogP contribution in [0.3, 0.4) is 0 Å². The van der Waals surface area contributed by atoms with Crippen LogP contribution in [-0.4, -0.2) is 44.7 Å². The number of hydrogen-bond acceptors (Lipinski definition) is 3. The first-order valence-corrected chi connectivity index (χ1v) is 8.12. The molecule has 1 saturated heterocycles. The Balaban J connectivity index is 1.98. The molecule has 0 amide bonds. The highest BCUT2D eigenvalue weighted by molar-refractivity contribution is 7.89. The van der Waals surface area contributed by atoms with E-state index < -0.39 is 10.0 Å². The summed E-state index contributed by atoms with van der Waals surface area (Å²) in [7, 11) is -3.10. The Bertz CT molecular complexity index is 508. The third-order valence-corrected chi connectivity index (χ3v) is 5.36. The Morgan fingerprint density at radius 1 is 1.11 bits per heavy atom. The molecule has 0 aliphatic carbocycles. The zero-order valence-corrected chi connectivity index (χ0v) is 11.9. The molecule has 0 aromatic heterocycles. The zero-order chi connectivity index (χ0) is 13.9. The topological polar surface area (TPSA) is 40.6 Å². The summed E-state index contributed by atoms with van der Waals surface area (Å²) in [6.07, 6.45) is 0.639. The van der Waals surface area contributed by atoms with Gasteiger partial charge in [0, 0.05) is 31.9 Å². The highest BCUT2D eigenvalue weighted by Gasteiger charge is 2.26. The van der Waals surface area contributed by atoms with E-state index in [4.69, 9.17) is 0 Å². The first kappa shape index (κ1) is 14.3. The normalized spacial score (nSPS) is 17.7. The number of rotatable bonds is 4. The van der Waals surface area contributed by atoms with Crippen LogP contribution in [0.25, 0.3) is 0 Å². The van der Waals surface area contributed by atoms with Crippen molar-refractivity contribution >= 4 is 15.7 Å². The van der Waals surface area contributed by atoms with Gasteiger partial charge in [-0.15, -0.1) is 0 Å². The summed E-state index contributed by atoms with van der Waals surface area (Å²) in [5.41, 5.74) is 0.939. The number of benzene rings is 1. The van der Waals surface area contributed by atoms with Crippen LogP contribution in [0.15, 0.2) is 24.3 Å². The monoisotopic (exact) mass is 286 g/mol. The number of hydrogen-bond donors (Lipinski definition) is 0. The number of nitrogens with zero attached hydrogens (tertiary/aromatic N) is 2. The van der Waals surface area contributed by atoms with Gasteiger partial charge in [0.05, 0.1) is 5.75 Å². The molecule has 0 unspecified atom stereocenters. The largest absolute Gasteiger partial charge is 0.369 e. The second-order valence-corrected chi connectivity index (χ2v) is 6.77. The van der Waals surface area contributed by atoms with Gasteiger partial charge in [0.2, 0.25) is 10.0 Å². The molecule has 0 spiro atoms. The van der Waals surface area contributed by atoms with Gasteiger partial charge in [0.1, 0.15) is 5.82 Å². The van der Waals surface area contributed by atoms with Crippen LogP contribution in [0.4, 0.5) is 10.1 Å². The molecule has 0 bridgehead atoms. The zero-order valence-electron chi connectivity index (χ0n) is 11.0. The van der Waals surface area contributed by atoms with Crippen molar-refractivity contribution in [2.75, 3.05) is 36.8 Å². The molecular weight excluding hydrogens is 267 g/mol. The number of halogens is 1. The maximum absolute atomic E-state index is 12.9. The quantitative estimate of drug-likeness (QED) is 0.845. The Kier molecular flexibility index (Phi) is 4.42. The summed E-state index contributed by atoms with van der Waals surface area (Å²) in [6, 6.07) is 6.31. The lowest BCUT2D eigenvalue weighted by Crippen LogP contribution is -2.49. The number of anilines is 1. The SMILES string of the molecule is CCCS(=O)(=O)N1CCN(c2ccc(F)cc2)CC1. The van der Waals surface area contributed by atoms with Crippen LogP contribution in [0, 0.1) is 5.82 Å². The molecule has 0 radical (unpaired) electrons. The van der Waals surface area contributed by atoms with Gasteiger partial charge in [0.15, 0.2) is 0 Å². The first-order valence-electron chi connectivity index (χ1n) is 6.51. The standard InChI is InChI=1S/C13H19FN2O2S/c1-2-11-19(17,18)16-9-7-15(8-10-16)13-5-3-12(14)4-6-13/h3-6H,2,7-11H2,1H3. The fourth-order valence-electron chi connectivity index (χ4n) is 2.26. The van der Waals surface area contributed by atoms with Crippen molar-refractivity contribution < 1.29 is 12.8 Å². The van der Waals surface area contributed by atoms with Crippen molar-refractivity contribution in [1.29, 1.82) is 0 Å². The molecule has 0 saturated carbocycles. The van der Waals surface area contributed by atoms with E-state index in [9.17, 15) is 12.8 Å². The van der Waals surface area contributed by atoms with Crippen molar-refractivity contribution in [2.24, 2.45) is 0 Å². The molecule has 1 aliphatic rings. The van der Waals surface area contributed by atoms with Crippen LogP contribution in [0.5, 0.6) is 0 Å². The minimum atomic E-state index is -3.10. The highest BCUT2D eigenvalue weighted by atomic mass is 32.2. The van der Waals surface area contributed by atoms with E-state index in [0.717, 1.165) is 5.69 Å². The Morgan fingerprint density at radius 2 is 1.68 bits per heavy atom. The third kappa shape index (κ3) is 3.45. The van der Waals surface area contributed by atoms with Crippen LogP contribution in [0.1, 0.15) is 13.3 Å². The van der Waals surface area contributed by atoms with Crippen LogP contribution >= 0.6 is 0 Å². The molecule has 1 aromatic carbocycles. The molecule has 1 aliphatic heterocycles. The van der Waals surface area contributed by atoms with Crippen molar-refractivity contribution in [3.8, 4) is 0 Å². The van der Waals surface area contributed by atoms with E-state index in [0.29, 0.717) is 32.6 Å². The van der Waals surface area contributed by atoms with Crippen LogP contribution in [0.2, 0.25) is 0 Å². The second kappa shape index (κ2) is 5.88. The Labute approximate surface area is 113 Å². The summed E-state index contributed by atoms with van der Waals surface area (Å²) < 4.78 is 38.3. The van der Waals surface area contributed by atoms with Gasteiger partial charge in [-0.3, -0.25) is 0 Å². The summed E-state index contributed by atoms with van der Waals surface area (Å²) in [5.74, 6) is -0.0447. The minimum absolute atomic E-state index is 0.212. The maximum Gasteiger partial charge on any atom is 0.214 e. The number of sulfonamides is 1. The van der Waals surface area contributed by atoms with Crippen molar-refractivity contribution in [2.45, 2.75) is 13.3 Å². The van der Waals surface area contributed by atoms with E-state index in [-0.39, 0.29) is 11.6 Å². The summed E-state index contributed by atoms with van der Waals surface area (Å²) in [6.45, 7) is 4.16. The van der Waals surface area contributed by atoms with Crippen LogP contribution < -0.4 is 4.90 Å². The summed E-state index contributed by atoms with van der Waals surface area (Å²) >= 11 is 0. The van der Waals surface area contributed by atoms with Gasteiger partial charge in [-0.1, -0.05) is 6.92 Å². The highest BCUT2D eigenvalue weighted by Crippen LogP contribution is 2.18. The third-order valence-electron chi connectivity index (χ3n) is 3.29. The summed E-state index contributed by atoms with van der Waals surface area (Å²) in [4.78, 5) is 2.08. The molecule has 1 heterocycles. The lowest BCUT2D eigenvalue weighted by atomic mass is 10.2. The van der Waals surface area contributed by atoms with Gasteiger partial charge in [-0.05, 0) is 30.7 Å². The minimum Gasteiger partial charge on any atom is -0.369 e. The second-order valence-electron chi connectivity index (χ2n) is 4.68.